The monoisotopic (exact) mass is 408 g/mol. The number of rotatable bonds is 4. The van der Waals surface area contributed by atoms with Crippen molar-refractivity contribution in [3.05, 3.63) is 29.8 Å². The first-order valence-electron chi connectivity index (χ1n) is 10.4. The smallest absolute Gasteiger partial charge is 0.296 e. The first-order chi connectivity index (χ1) is 13.2. The maximum atomic E-state index is 12.8. The molecule has 1 aromatic carbocycles. The molecule has 156 valence electrons. The highest BCUT2D eigenvalue weighted by atomic mass is 32.2. The van der Waals surface area contributed by atoms with E-state index in [0.29, 0.717) is 19.1 Å². The Morgan fingerprint density at radius 1 is 1.07 bits per heavy atom. The molecule has 6 heteroatoms. The molecule has 1 spiro atoms. The fraction of sp³-hybridized carbons (Fsp3) is 0.727. The van der Waals surface area contributed by atoms with Crippen molar-refractivity contribution in [1.82, 2.24) is 0 Å². The summed E-state index contributed by atoms with van der Waals surface area (Å²) in [6, 6.07) is 6.85. The molecular weight excluding hydrogens is 376 g/mol. The third-order valence-electron chi connectivity index (χ3n) is 7.24. The van der Waals surface area contributed by atoms with Gasteiger partial charge in [0.05, 0.1) is 24.7 Å². The van der Waals surface area contributed by atoms with Crippen LogP contribution in [0.2, 0.25) is 0 Å². The Labute approximate surface area is 168 Å². The van der Waals surface area contributed by atoms with Gasteiger partial charge in [-0.25, -0.2) is 0 Å². The second kappa shape index (κ2) is 7.08. The van der Waals surface area contributed by atoms with E-state index in [0.717, 1.165) is 37.7 Å². The van der Waals surface area contributed by atoms with Gasteiger partial charge in [0.25, 0.3) is 10.1 Å². The molecule has 3 aliphatic rings. The van der Waals surface area contributed by atoms with E-state index in [1.54, 1.807) is 24.3 Å². The predicted octanol–water partition coefficient (Wildman–Crippen LogP) is 4.44. The highest BCUT2D eigenvalue weighted by Crippen LogP contribution is 2.61. The Morgan fingerprint density at radius 3 is 2.43 bits per heavy atom. The van der Waals surface area contributed by atoms with Crippen LogP contribution in [0.15, 0.2) is 29.2 Å². The van der Waals surface area contributed by atoms with E-state index >= 15 is 0 Å². The summed E-state index contributed by atoms with van der Waals surface area (Å²) in [5, 5.41) is 0. The molecule has 0 aromatic heterocycles. The summed E-state index contributed by atoms with van der Waals surface area (Å²) in [6.45, 7) is 8.00. The number of aryl methyl sites for hydroxylation is 1. The van der Waals surface area contributed by atoms with Gasteiger partial charge in [0.1, 0.15) is 0 Å². The maximum absolute atomic E-state index is 12.8. The van der Waals surface area contributed by atoms with Gasteiger partial charge >= 0.3 is 0 Å². The van der Waals surface area contributed by atoms with Crippen molar-refractivity contribution in [1.29, 1.82) is 0 Å². The molecular formula is C22H32O5S. The number of fused-ring (bicyclic) bond motifs is 1. The summed E-state index contributed by atoms with van der Waals surface area (Å²) in [5.41, 5.74) is 0.953. The third kappa shape index (κ3) is 3.64. The first kappa shape index (κ1) is 20.3. The largest absolute Gasteiger partial charge is 0.348 e. The van der Waals surface area contributed by atoms with Crippen LogP contribution in [0, 0.1) is 23.7 Å². The fourth-order valence-corrected chi connectivity index (χ4v) is 6.90. The van der Waals surface area contributed by atoms with Gasteiger partial charge in [-0.3, -0.25) is 4.18 Å². The molecule has 1 aliphatic heterocycles. The quantitative estimate of drug-likeness (QED) is 0.689. The number of hydrogen-bond acceptors (Lipinski definition) is 5. The van der Waals surface area contributed by atoms with Crippen molar-refractivity contribution < 1.29 is 22.1 Å². The molecule has 0 amide bonds. The Balaban J connectivity index is 1.60. The van der Waals surface area contributed by atoms with Crippen molar-refractivity contribution in [2.24, 2.45) is 16.7 Å². The van der Waals surface area contributed by atoms with Crippen LogP contribution in [0.5, 0.6) is 0 Å². The summed E-state index contributed by atoms with van der Waals surface area (Å²) < 4.78 is 43.5. The lowest BCUT2D eigenvalue weighted by atomic mass is 9.50. The minimum Gasteiger partial charge on any atom is -0.348 e. The second-order valence-corrected chi connectivity index (χ2v) is 11.2. The fourth-order valence-electron chi connectivity index (χ4n) is 5.91. The maximum Gasteiger partial charge on any atom is 0.296 e. The Hall–Kier alpha value is -0.950. The van der Waals surface area contributed by atoms with E-state index in [1.807, 2.05) is 6.92 Å². The number of ether oxygens (including phenoxy) is 2. The van der Waals surface area contributed by atoms with E-state index in [9.17, 15) is 8.42 Å². The molecule has 1 heterocycles. The van der Waals surface area contributed by atoms with Gasteiger partial charge in [0, 0.05) is 18.3 Å². The number of benzene rings is 1. The molecule has 0 N–H and O–H groups in total. The topological polar surface area (TPSA) is 61.8 Å². The van der Waals surface area contributed by atoms with Crippen molar-refractivity contribution in [2.75, 3.05) is 19.8 Å². The predicted molar refractivity (Wildman–Crippen MR) is 106 cm³/mol. The molecule has 1 saturated heterocycles. The van der Waals surface area contributed by atoms with E-state index in [-0.39, 0.29) is 22.3 Å². The Kier molecular flexibility index (Phi) is 5.14. The highest BCUT2D eigenvalue weighted by Gasteiger charge is 2.58. The zero-order chi connectivity index (χ0) is 20.0. The molecule has 28 heavy (non-hydrogen) atoms. The number of hydrogen-bond donors (Lipinski definition) is 0. The van der Waals surface area contributed by atoms with Gasteiger partial charge in [-0.1, -0.05) is 38.0 Å². The second-order valence-electron chi connectivity index (χ2n) is 9.61. The molecule has 3 fully saturated rings. The van der Waals surface area contributed by atoms with Crippen molar-refractivity contribution in [2.45, 2.75) is 70.0 Å². The van der Waals surface area contributed by atoms with Crippen molar-refractivity contribution >= 4 is 10.1 Å². The highest BCUT2D eigenvalue weighted by molar-refractivity contribution is 7.86. The van der Waals surface area contributed by atoms with Crippen LogP contribution < -0.4 is 0 Å². The van der Waals surface area contributed by atoms with Crippen LogP contribution in [0.25, 0.3) is 0 Å². The minimum atomic E-state index is -3.79. The van der Waals surface area contributed by atoms with Crippen LogP contribution in [-0.4, -0.2) is 34.0 Å². The molecule has 0 radical (unpaired) electrons. The van der Waals surface area contributed by atoms with Gasteiger partial charge in [-0.15, -0.1) is 0 Å². The molecule has 1 aromatic rings. The van der Waals surface area contributed by atoms with Crippen LogP contribution in [-0.2, 0) is 23.8 Å². The summed E-state index contributed by atoms with van der Waals surface area (Å²) in [5.74, 6) is -0.152. The lowest BCUT2D eigenvalue weighted by Gasteiger charge is -2.58. The lowest BCUT2D eigenvalue weighted by Crippen LogP contribution is -2.55. The zero-order valence-corrected chi connectivity index (χ0v) is 18.0. The van der Waals surface area contributed by atoms with E-state index in [1.165, 1.54) is 6.42 Å². The summed E-state index contributed by atoms with van der Waals surface area (Å²) in [6.07, 6.45) is 5.79. The normalized spacial score (nSPS) is 31.6. The van der Waals surface area contributed by atoms with Crippen LogP contribution in [0.4, 0.5) is 0 Å². The first-order valence-corrected chi connectivity index (χ1v) is 11.8. The van der Waals surface area contributed by atoms with E-state index in [2.05, 4.69) is 13.8 Å². The van der Waals surface area contributed by atoms with Gasteiger partial charge in [0.15, 0.2) is 5.79 Å². The lowest BCUT2D eigenvalue weighted by molar-refractivity contribution is -0.236. The van der Waals surface area contributed by atoms with E-state index < -0.39 is 15.9 Å². The average molecular weight is 409 g/mol. The van der Waals surface area contributed by atoms with Gasteiger partial charge in [-0.2, -0.15) is 8.42 Å². The SMILES string of the molecule is Cc1ccc(S(=O)(=O)OC[C@@]23CCCC(C)(C)[C@H]2CCC2(C3)OCCO2)cc1. The van der Waals surface area contributed by atoms with Gasteiger partial charge in [0.2, 0.25) is 0 Å². The molecule has 5 nitrogen and oxygen atoms in total. The van der Waals surface area contributed by atoms with E-state index in [4.69, 9.17) is 13.7 Å². The molecule has 4 rings (SSSR count). The van der Waals surface area contributed by atoms with Crippen LogP contribution in [0.3, 0.4) is 0 Å². The van der Waals surface area contributed by atoms with Gasteiger partial charge < -0.3 is 9.47 Å². The summed E-state index contributed by atoms with van der Waals surface area (Å²) in [7, 11) is -3.79. The summed E-state index contributed by atoms with van der Waals surface area (Å²) >= 11 is 0. The molecule has 2 atom stereocenters. The van der Waals surface area contributed by atoms with Gasteiger partial charge in [-0.05, 0) is 49.7 Å². The van der Waals surface area contributed by atoms with Crippen LogP contribution in [0.1, 0.15) is 57.9 Å². The van der Waals surface area contributed by atoms with Crippen molar-refractivity contribution in [3.8, 4) is 0 Å². The zero-order valence-electron chi connectivity index (χ0n) is 17.2. The van der Waals surface area contributed by atoms with Crippen molar-refractivity contribution in [3.63, 3.8) is 0 Å². The summed E-state index contributed by atoms with van der Waals surface area (Å²) in [4.78, 5) is 0.222. The minimum absolute atomic E-state index is 0.162. The third-order valence-corrected chi connectivity index (χ3v) is 8.52. The molecule has 2 aliphatic carbocycles. The van der Waals surface area contributed by atoms with Crippen LogP contribution >= 0.6 is 0 Å². The molecule has 0 bridgehead atoms. The Morgan fingerprint density at radius 2 is 1.75 bits per heavy atom. The molecule has 2 saturated carbocycles. The molecule has 0 unspecified atom stereocenters. The average Bonchev–Trinajstić information content (AvgIpc) is 3.07. The standard InChI is InChI=1S/C22H32O5S/c1-17-5-7-18(8-6-17)28(23,24)27-16-21-11-4-10-20(2,3)19(21)9-12-22(15-21)25-13-14-26-22/h5-8,19H,4,9-16H2,1-3H3/t19-,21+/m1/s1. The Bertz CT molecular complexity index is 808.